The molecule has 0 saturated carbocycles. The monoisotopic (exact) mass is 395 g/mol. The van der Waals surface area contributed by atoms with E-state index in [2.05, 4.69) is 28.2 Å². The summed E-state index contributed by atoms with van der Waals surface area (Å²) in [5.74, 6) is -0.313. The van der Waals surface area contributed by atoms with Crippen molar-refractivity contribution in [2.45, 2.75) is 19.4 Å². The second-order valence-electron chi connectivity index (χ2n) is 4.32. The van der Waals surface area contributed by atoms with Gasteiger partial charge >= 0.3 is 0 Å². The van der Waals surface area contributed by atoms with Crippen molar-refractivity contribution in [3.8, 4) is 0 Å². The van der Waals surface area contributed by atoms with E-state index in [1.54, 1.807) is 12.1 Å². The van der Waals surface area contributed by atoms with Gasteiger partial charge in [0.15, 0.2) is 0 Å². The van der Waals surface area contributed by atoms with Crippen molar-refractivity contribution >= 4 is 50.5 Å². The maximum absolute atomic E-state index is 14.2. The van der Waals surface area contributed by atoms with E-state index in [1.165, 1.54) is 17.4 Å². The predicted molar refractivity (Wildman–Crippen MR) is 88.6 cm³/mol. The lowest BCUT2D eigenvalue weighted by atomic mass is 10.0. The lowest BCUT2D eigenvalue weighted by Gasteiger charge is -2.18. The van der Waals surface area contributed by atoms with Crippen LogP contribution in [0, 0.1) is 5.82 Å². The zero-order valence-corrected chi connectivity index (χ0v) is 14.6. The molecule has 0 amide bonds. The van der Waals surface area contributed by atoms with Crippen LogP contribution in [0.25, 0.3) is 0 Å². The van der Waals surface area contributed by atoms with Gasteiger partial charge in [0.2, 0.25) is 0 Å². The third-order valence-corrected chi connectivity index (χ3v) is 5.60. The second-order valence-corrected chi connectivity index (χ2v) is 7.30. The van der Waals surface area contributed by atoms with E-state index >= 15 is 0 Å². The van der Waals surface area contributed by atoms with Gasteiger partial charge in [-0.25, -0.2) is 4.39 Å². The Labute approximate surface area is 140 Å². The van der Waals surface area contributed by atoms with Crippen LogP contribution >= 0.6 is 50.5 Å². The van der Waals surface area contributed by atoms with Crippen LogP contribution in [0.2, 0.25) is 9.36 Å². The Morgan fingerprint density at radius 1 is 1.35 bits per heavy atom. The van der Waals surface area contributed by atoms with Crippen LogP contribution in [-0.4, -0.2) is 6.54 Å². The molecular formula is C14H13BrCl2FNS. The summed E-state index contributed by atoms with van der Waals surface area (Å²) in [5, 5.41) is 3.75. The van der Waals surface area contributed by atoms with Crippen LogP contribution < -0.4 is 5.32 Å². The molecule has 1 nitrogen and oxygen atoms in total. The maximum atomic E-state index is 14.2. The highest BCUT2D eigenvalue weighted by Crippen LogP contribution is 2.38. The van der Waals surface area contributed by atoms with E-state index < -0.39 is 0 Å². The Morgan fingerprint density at radius 2 is 2.10 bits per heavy atom. The lowest BCUT2D eigenvalue weighted by molar-refractivity contribution is 0.551. The average molecular weight is 397 g/mol. The number of rotatable bonds is 5. The first-order valence-corrected chi connectivity index (χ1v) is 8.52. The minimum atomic E-state index is -0.313. The van der Waals surface area contributed by atoms with Crippen LogP contribution in [0.5, 0.6) is 0 Å². The molecule has 6 heteroatoms. The molecule has 2 aromatic rings. The molecule has 0 saturated heterocycles. The summed E-state index contributed by atoms with van der Waals surface area (Å²) in [4.78, 5) is 0.969. The summed E-state index contributed by atoms with van der Waals surface area (Å²) in [6.45, 7) is 2.86. The molecule has 1 aromatic heterocycles. The number of benzene rings is 1. The number of hydrogen-bond donors (Lipinski definition) is 1. The fourth-order valence-corrected chi connectivity index (χ4v) is 3.88. The summed E-state index contributed by atoms with van der Waals surface area (Å²) >= 11 is 16.7. The topological polar surface area (TPSA) is 12.0 Å². The Kier molecular flexibility index (Phi) is 5.87. The molecular weight excluding hydrogens is 384 g/mol. The normalized spacial score (nSPS) is 12.7. The van der Waals surface area contributed by atoms with Crippen LogP contribution in [0.3, 0.4) is 0 Å². The first-order valence-electron chi connectivity index (χ1n) is 6.16. The van der Waals surface area contributed by atoms with Crippen molar-refractivity contribution in [2.24, 2.45) is 0 Å². The SMILES string of the molecule is CCCNC(c1cc(Br)c(Cl)s1)c1ccc(Cl)cc1F. The van der Waals surface area contributed by atoms with Crippen LogP contribution in [0.4, 0.5) is 4.39 Å². The Balaban J connectivity index is 2.41. The van der Waals surface area contributed by atoms with Gasteiger partial charge < -0.3 is 5.32 Å². The number of nitrogens with one attached hydrogen (secondary N) is 1. The minimum absolute atomic E-state index is 0.221. The molecule has 1 unspecified atom stereocenters. The quantitative estimate of drug-likeness (QED) is 0.648. The molecule has 0 aliphatic carbocycles. The minimum Gasteiger partial charge on any atom is -0.306 e. The molecule has 0 bridgehead atoms. The van der Waals surface area contributed by atoms with Gasteiger partial charge in [0.25, 0.3) is 0 Å². The lowest BCUT2D eigenvalue weighted by Crippen LogP contribution is -2.23. The van der Waals surface area contributed by atoms with E-state index in [9.17, 15) is 4.39 Å². The van der Waals surface area contributed by atoms with Gasteiger partial charge in [-0.1, -0.05) is 36.2 Å². The van der Waals surface area contributed by atoms with Crippen molar-refractivity contribution < 1.29 is 4.39 Å². The molecule has 0 radical (unpaired) electrons. The molecule has 0 aliphatic rings. The zero-order chi connectivity index (χ0) is 14.7. The van der Waals surface area contributed by atoms with Crippen LogP contribution in [-0.2, 0) is 0 Å². The summed E-state index contributed by atoms with van der Waals surface area (Å²) in [6.07, 6.45) is 0.964. The van der Waals surface area contributed by atoms with Crippen molar-refractivity contribution in [2.75, 3.05) is 6.54 Å². The maximum Gasteiger partial charge on any atom is 0.129 e. The van der Waals surface area contributed by atoms with Crippen molar-refractivity contribution in [1.82, 2.24) is 5.32 Å². The van der Waals surface area contributed by atoms with Crippen LogP contribution in [0.15, 0.2) is 28.7 Å². The zero-order valence-electron chi connectivity index (χ0n) is 10.7. The molecule has 108 valence electrons. The molecule has 1 N–H and O–H groups in total. The second kappa shape index (κ2) is 7.23. The van der Waals surface area contributed by atoms with Gasteiger partial charge in [0.1, 0.15) is 10.2 Å². The highest BCUT2D eigenvalue weighted by molar-refractivity contribution is 9.10. The third kappa shape index (κ3) is 3.74. The molecule has 0 fully saturated rings. The first kappa shape index (κ1) is 16.2. The van der Waals surface area contributed by atoms with Crippen molar-refractivity contribution in [3.05, 3.63) is 54.4 Å². The Bertz CT molecular complexity index is 583. The number of thiophene rings is 1. The predicted octanol–water partition coefficient (Wildman–Crippen LogP) is 6.05. The van der Waals surface area contributed by atoms with Crippen LogP contribution in [0.1, 0.15) is 29.8 Å². The van der Waals surface area contributed by atoms with E-state index in [0.717, 1.165) is 22.3 Å². The molecule has 1 atom stereocenters. The van der Waals surface area contributed by atoms with E-state index in [4.69, 9.17) is 23.2 Å². The van der Waals surface area contributed by atoms with Crippen molar-refractivity contribution in [1.29, 1.82) is 0 Å². The molecule has 0 spiro atoms. The smallest absolute Gasteiger partial charge is 0.129 e. The summed E-state index contributed by atoms with van der Waals surface area (Å²) < 4.78 is 15.7. The third-order valence-electron chi connectivity index (χ3n) is 2.82. The molecule has 1 aromatic carbocycles. The molecule has 2 rings (SSSR count). The van der Waals surface area contributed by atoms with Gasteiger partial charge in [0.05, 0.1) is 6.04 Å². The molecule has 0 aliphatic heterocycles. The van der Waals surface area contributed by atoms with Gasteiger partial charge in [-0.05, 0) is 47.1 Å². The summed E-state index contributed by atoms with van der Waals surface area (Å²) in [6, 6.07) is 6.45. The van der Waals surface area contributed by atoms with E-state index in [-0.39, 0.29) is 11.9 Å². The highest BCUT2D eigenvalue weighted by atomic mass is 79.9. The van der Waals surface area contributed by atoms with Gasteiger partial charge in [-0.3, -0.25) is 0 Å². The highest BCUT2D eigenvalue weighted by Gasteiger charge is 2.20. The summed E-state index contributed by atoms with van der Waals surface area (Å²) in [7, 11) is 0. The number of halogens is 4. The fraction of sp³-hybridized carbons (Fsp3) is 0.286. The van der Waals surface area contributed by atoms with E-state index in [1.807, 2.05) is 6.07 Å². The number of hydrogen-bond acceptors (Lipinski definition) is 2. The average Bonchev–Trinajstić information content (AvgIpc) is 2.72. The van der Waals surface area contributed by atoms with Gasteiger partial charge in [-0.2, -0.15) is 0 Å². The summed E-state index contributed by atoms with van der Waals surface area (Å²) in [5.41, 5.74) is 0.577. The standard InChI is InChI=1S/C14H13BrCl2FNS/c1-2-5-19-13(12-7-10(15)14(17)20-12)9-4-3-8(16)6-11(9)18/h3-4,6-7,13,19H,2,5H2,1H3. The largest absolute Gasteiger partial charge is 0.306 e. The molecule has 1 heterocycles. The van der Waals surface area contributed by atoms with Gasteiger partial charge in [0, 0.05) is 19.9 Å². The van der Waals surface area contributed by atoms with Gasteiger partial charge in [-0.15, -0.1) is 11.3 Å². The van der Waals surface area contributed by atoms with Crippen molar-refractivity contribution in [3.63, 3.8) is 0 Å². The van der Waals surface area contributed by atoms with E-state index in [0.29, 0.717) is 14.9 Å². The first-order chi connectivity index (χ1) is 9.52. The Morgan fingerprint density at radius 3 is 2.65 bits per heavy atom. The molecule has 20 heavy (non-hydrogen) atoms. The Hall–Kier alpha value is -0.130. The fourth-order valence-electron chi connectivity index (χ4n) is 1.89.